The number of methoxy groups -OCH3 is 1. The van der Waals surface area contributed by atoms with Gasteiger partial charge in [-0.3, -0.25) is 4.79 Å². The Hall–Kier alpha value is -2.11. The fourth-order valence-electron chi connectivity index (χ4n) is 1.88. The molecule has 2 aromatic carbocycles. The van der Waals surface area contributed by atoms with Crippen molar-refractivity contribution in [1.29, 1.82) is 0 Å². The Balaban J connectivity index is 2.03. The zero-order valence-corrected chi connectivity index (χ0v) is 12.8. The van der Waals surface area contributed by atoms with Crippen molar-refractivity contribution in [2.24, 2.45) is 0 Å². The summed E-state index contributed by atoms with van der Waals surface area (Å²) in [5.74, 6) is -1.23. The molecule has 1 amide bonds. The predicted molar refractivity (Wildman–Crippen MR) is 86.2 cm³/mol. The zero-order chi connectivity index (χ0) is 15.9. The largest absolute Gasteiger partial charge is 0.383 e. The summed E-state index contributed by atoms with van der Waals surface area (Å²) < 4.78 is 18.6. The fourth-order valence-corrected chi connectivity index (χ4v) is 2.13. The van der Waals surface area contributed by atoms with Gasteiger partial charge >= 0.3 is 0 Å². The van der Waals surface area contributed by atoms with Crippen LogP contribution in [0.3, 0.4) is 0 Å². The average Bonchev–Trinajstić information content (AvgIpc) is 2.49. The number of amides is 1. The third-order valence-electron chi connectivity index (χ3n) is 2.97. The van der Waals surface area contributed by atoms with Crippen molar-refractivity contribution >= 4 is 28.9 Å². The van der Waals surface area contributed by atoms with E-state index in [2.05, 4.69) is 10.6 Å². The Morgan fingerprint density at radius 2 is 1.86 bits per heavy atom. The van der Waals surface area contributed by atoms with Gasteiger partial charge in [0, 0.05) is 25.0 Å². The Morgan fingerprint density at radius 1 is 1.18 bits per heavy atom. The number of ether oxygens (including phenoxy) is 1. The molecule has 0 fully saturated rings. The first-order chi connectivity index (χ1) is 10.6. The van der Waals surface area contributed by atoms with Crippen LogP contribution in [-0.2, 0) is 4.74 Å². The number of hydrogen-bond acceptors (Lipinski definition) is 3. The van der Waals surface area contributed by atoms with Crippen LogP contribution >= 0.6 is 11.6 Å². The highest BCUT2D eigenvalue weighted by molar-refractivity contribution is 6.34. The lowest BCUT2D eigenvalue weighted by atomic mass is 10.2. The molecule has 0 aliphatic carbocycles. The molecule has 0 saturated heterocycles. The third kappa shape index (κ3) is 4.19. The number of rotatable bonds is 6. The Kier molecular flexibility index (Phi) is 5.75. The molecule has 0 saturated carbocycles. The van der Waals surface area contributed by atoms with E-state index in [4.69, 9.17) is 16.3 Å². The molecule has 2 N–H and O–H groups in total. The van der Waals surface area contributed by atoms with Crippen LogP contribution in [0.1, 0.15) is 10.4 Å². The molecule has 2 aromatic rings. The smallest absolute Gasteiger partial charge is 0.260 e. The van der Waals surface area contributed by atoms with Crippen molar-refractivity contribution in [3.05, 3.63) is 58.9 Å². The average molecular weight is 323 g/mol. The topological polar surface area (TPSA) is 50.4 Å². The normalized spacial score (nSPS) is 10.3. The maximum absolute atomic E-state index is 13.7. The lowest BCUT2D eigenvalue weighted by Crippen LogP contribution is -2.14. The van der Waals surface area contributed by atoms with Gasteiger partial charge in [0.25, 0.3) is 5.91 Å². The second-order valence-corrected chi connectivity index (χ2v) is 4.95. The number of anilines is 2. The lowest BCUT2D eigenvalue weighted by Gasteiger charge is -2.09. The van der Waals surface area contributed by atoms with Crippen LogP contribution in [0.5, 0.6) is 0 Å². The molecule has 0 spiro atoms. The highest BCUT2D eigenvalue weighted by atomic mass is 35.5. The van der Waals surface area contributed by atoms with Crippen LogP contribution in [0.2, 0.25) is 5.02 Å². The van der Waals surface area contributed by atoms with E-state index < -0.39 is 11.7 Å². The van der Waals surface area contributed by atoms with Crippen molar-refractivity contribution in [3.8, 4) is 0 Å². The number of benzene rings is 2. The number of halogens is 2. The molecule has 22 heavy (non-hydrogen) atoms. The molecular weight excluding hydrogens is 307 g/mol. The van der Waals surface area contributed by atoms with Crippen LogP contribution in [0, 0.1) is 5.82 Å². The monoisotopic (exact) mass is 322 g/mol. The third-order valence-corrected chi connectivity index (χ3v) is 3.28. The molecule has 0 heterocycles. The van der Waals surface area contributed by atoms with Gasteiger partial charge in [-0.2, -0.15) is 0 Å². The van der Waals surface area contributed by atoms with E-state index in [9.17, 15) is 9.18 Å². The number of carbonyl (C=O) groups is 1. The summed E-state index contributed by atoms with van der Waals surface area (Å²) >= 11 is 5.86. The molecule has 0 aliphatic rings. The van der Waals surface area contributed by atoms with Crippen molar-refractivity contribution in [3.63, 3.8) is 0 Å². The van der Waals surface area contributed by atoms with E-state index in [0.29, 0.717) is 18.8 Å². The zero-order valence-electron chi connectivity index (χ0n) is 12.0. The van der Waals surface area contributed by atoms with Gasteiger partial charge in [-0.1, -0.05) is 17.7 Å². The van der Waals surface area contributed by atoms with E-state index in [-0.39, 0.29) is 10.6 Å². The number of hydrogen-bond donors (Lipinski definition) is 2. The lowest BCUT2D eigenvalue weighted by molar-refractivity contribution is 0.102. The van der Waals surface area contributed by atoms with Gasteiger partial charge in [-0.25, -0.2) is 4.39 Å². The molecule has 0 radical (unpaired) electrons. The maximum Gasteiger partial charge on any atom is 0.260 e. The van der Waals surface area contributed by atoms with Gasteiger partial charge in [0.1, 0.15) is 5.82 Å². The van der Waals surface area contributed by atoms with Crippen LogP contribution in [0.25, 0.3) is 0 Å². The Labute approximate surface area is 133 Å². The molecule has 0 bridgehead atoms. The molecular formula is C16H16ClFN2O2. The first kappa shape index (κ1) is 16.3. The van der Waals surface area contributed by atoms with Crippen molar-refractivity contribution in [2.45, 2.75) is 0 Å². The number of nitrogens with one attached hydrogen (secondary N) is 2. The second-order valence-electron chi connectivity index (χ2n) is 4.55. The first-order valence-electron chi connectivity index (χ1n) is 6.70. The maximum atomic E-state index is 13.7. The summed E-state index contributed by atoms with van der Waals surface area (Å²) in [5, 5.41) is 5.85. The van der Waals surface area contributed by atoms with Gasteiger partial charge in [0.05, 0.1) is 17.2 Å². The summed E-state index contributed by atoms with van der Waals surface area (Å²) in [5.41, 5.74) is 1.30. The SMILES string of the molecule is COCCNc1ccc(NC(=O)c2c(F)cccc2Cl)cc1. The van der Waals surface area contributed by atoms with Crippen molar-refractivity contribution < 1.29 is 13.9 Å². The van der Waals surface area contributed by atoms with Crippen LogP contribution in [-0.4, -0.2) is 26.2 Å². The molecule has 6 heteroatoms. The minimum absolute atomic E-state index is 0.0790. The number of carbonyl (C=O) groups excluding carboxylic acids is 1. The van der Waals surface area contributed by atoms with Crippen LogP contribution in [0.4, 0.5) is 15.8 Å². The molecule has 0 unspecified atom stereocenters. The molecule has 2 rings (SSSR count). The standard InChI is InChI=1S/C16H16ClFN2O2/c1-22-10-9-19-11-5-7-12(8-6-11)20-16(21)15-13(17)3-2-4-14(15)18/h2-8,19H,9-10H2,1H3,(H,20,21). The predicted octanol–water partition coefficient (Wildman–Crippen LogP) is 3.79. The molecule has 0 aliphatic heterocycles. The molecule has 116 valence electrons. The first-order valence-corrected chi connectivity index (χ1v) is 7.08. The van der Waals surface area contributed by atoms with E-state index in [1.807, 2.05) is 12.1 Å². The minimum atomic E-state index is -0.650. The Morgan fingerprint density at radius 3 is 2.50 bits per heavy atom. The van der Waals surface area contributed by atoms with Gasteiger partial charge in [0.15, 0.2) is 0 Å². The highest BCUT2D eigenvalue weighted by Gasteiger charge is 2.15. The molecule has 4 nitrogen and oxygen atoms in total. The van der Waals surface area contributed by atoms with Crippen LogP contribution < -0.4 is 10.6 Å². The van der Waals surface area contributed by atoms with E-state index in [1.54, 1.807) is 19.2 Å². The van der Waals surface area contributed by atoms with E-state index >= 15 is 0 Å². The minimum Gasteiger partial charge on any atom is -0.383 e. The highest BCUT2D eigenvalue weighted by Crippen LogP contribution is 2.21. The van der Waals surface area contributed by atoms with Crippen molar-refractivity contribution in [1.82, 2.24) is 0 Å². The van der Waals surface area contributed by atoms with Gasteiger partial charge < -0.3 is 15.4 Å². The van der Waals surface area contributed by atoms with Gasteiger partial charge in [-0.15, -0.1) is 0 Å². The summed E-state index contributed by atoms with van der Waals surface area (Å²) in [7, 11) is 1.63. The summed E-state index contributed by atoms with van der Waals surface area (Å²) in [6.45, 7) is 1.29. The second kappa shape index (κ2) is 7.77. The molecule has 0 aromatic heterocycles. The van der Waals surface area contributed by atoms with Gasteiger partial charge in [0.2, 0.25) is 0 Å². The Bertz CT molecular complexity index is 627. The molecule has 0 atom stereocenters. The summed E-state index contributed by atoms with van der Waals surface area (Å²) in [6.07, 6.45) is 0. The van der Waals surface area contributed by atoms with E-state index in [0.717, 1.165) is 5.69 Å². The van der Waals surface area contributed by atoms with Crippen LogP contribution in [0.15, 0.2) is 42.5 Å². The van der Waals surface area contributed by atoms with Gasteiger partial charge in [-0.05, 0) is 36.4 Å². The quantitative estimate of drug-likeness (QED) is 0.796. The summed E-state index contributed by atoms with van der Waals surface area (Å²) in [4.78, 5) is 12.1. The summed E-state index contributed by atoms with van der Waals surface area (Å²) in [6, 6.07) is 11.2. The van der Waals surface area contributed by atoms with E-state index in [1.165, 1.54) is 18.2 Å². The fraction of sp³-hybridized carbons (Fsp3) is 0.188. The van der Waals surface area contributed by atoms with Crippen molar-refractivity contribution in [2.75, 3.05) is 30.9 Å².